The average Bonchev–Trinajstić information content (AvgIpc) is 2.65. The molecule has 0 bridgehead atoms. The van der Waals surface area contributed by atoms with Crippen molar-refractivity contribution in [2.24, 2.45) is 7.05 Å². The Hall–Kier alpha value is -2.17. The van der Waals surface area contributed by atoms with Crippen LogP contribution in [-0.2, 0) is 7.05 Å². The maximum absolute atomic E-state index is 10.6. The fraction of sp³-hybridized carbons (Fsp3) is 0.100. The van der Waals surface area contributed by atoms with Crippen LogP contribution in [0.2, 0.25) is 0 Å². The van der Waals surface area contributed by atoms with E-state index in [2.05, 4.69) is 5.10 Å². The van der Waals surface area contributed by atoms with Gasteiger partial charge in [-0.2, -0.15) is 5.10 Å². The second-order valence-corrected chi connectivity index (χ2v) is 3.18. The molecule has 1 aromatic heterocycles. The second kappa shape index (κ2) is 3.53. The first-order valence-electron chi connectivity index (χ1n) is 4.41. The van der Waals surface area contributed by atoms with E-state index in [9.17, 15) is 10.1 Å². The van der Waals surface area contributed by atoms with Gasteiger partial charge >= 0.3 is 0 Å². The van der Waals surface area contributed by atoms with Crippen molar-refractivity contribution >= 4 is 5.69 Å². The summed E-state index contributed by atoms with van der Waals surface area (Å²) < 4.78 is 1.66. The minimum Gasteiger partial charge on any atom is -0.275 e. The molecule has 0 radical (unpaired) electrons. The summed E-state index contributed by atoms with van der Waals surface area (Å²) in [6.07, 6.45) is 1.80. The molecule has 0 saturated carbocycles. The smallest absolute Gasteiger partial charge is 0.270 e. The van der Waals surface area contributed by atoms with Crippen molar-refractivity contribution in [3.8, 4) is 11.3 Å². The van der Waals surface area contributed by atoms with Crippen LogP contribution >= 0.6 is 0 Å². The molecule has 0 spiro atoms. The van der Waals surface area contributed by atoms with Gasteiger partial charge in [-0.1, -0.05) is 12.1 Å². The lowest BCUT2D eigenvalue weighted by atomic mass is 10.1. The lowest BCUT2D eigenvalue weighted by Crippen LogP contribution is -1.90. The third kappa shape index (κ3) is 1.85. The molecule has 0 aliphatic heterocycles. The number of nitro groups is 1. The van der Waals surface area contributed by atoms with Crippen molar-refractivity contribution < 1.29 is 4.92 Å². The molecule has 0 atom stereocenters. The Balaban J connectivity index is 2.45. The Kier molecular flexibility index (Phi) is 2.21. The number of hydrogen-bond acceptors (Lipinski definition) is 3. The molecule has 0 unspecified atom stereocenters. The van der Waals surface area contributed by atoms with E-state index >= 15 is 0 Å². The standard InChI is InChI=1S/C10H9N3O2/c1-12-6-5-10(11-12)8-3-2-4-9(7-8)13(14)15/h2-7H,1H3. The fourth-order valence-electron chi connectivity index (χ4n) is 1.35. The van der Waals surface area contributed by atoms with Crippen LogP contribution in [0.3, 0.4) is 0 Å². The van der Waals surface area contributed by atoms with Gasteiger partial charge < -0.3 is 0 Å². The van der Waals surface area contributed by atoms with E-state index in [0.717, 1.165) is 11.3 Å². The first-order chi connectivity index (χ1) is 7.16. The van der Waals surface area contributed by atoms with Gasteiger partial charge in [-0.15, -0.1) is 0 Å². The van der Waals surface area contributed by atoms with Gasteiger partial charge in [0.15, 0.2) is 0 Å². The Bertz CT molecular complexity index is 505. The Morgan fingerprint density at radius 3 is 2.80 bits per heavy atom. The summed E-state index contributed by atoms with van der Waals surface area (Å²) in [5, 5.41) is 14.7. The van der Waals surface area contributed by atoms with Crippen LogP contribution in [0.25, 0.3) is 11.3 Å². The largest absolute Gasteiger partial charge is 0.275 e. The van der Waals surface area contributed by atoms with Crippen molar-refractivity contribution in [1.29, 1.82) is 0 Å². The minimum atomic E-state index is -0.410. The lowest BCUT2D eigenvalue weighted by molar-refractivity contribution is -0.384. The van der Waals surface area contributed by atoms with Crippen LogP contribution in [0, 0.1) is 10.1 Å². The summed E-state index contributed by atoms with van der Waals surface area (Å²) in [5.74, 6) is 0. The molecule has 0 aliphatic rings. The number of aryl methyl sites for hydroxylation is 1. The third-order valence-electron chi connectivity index (χ3n) is 2.07. The van der Waals surface area contributed by atoms with Gasteiger partial charge in [0.05, 0.1) is 10.6 Å². The first-order valence-corrected chi connectivity index (χ1v) is 4.41. The lowest BCUT2D eigenvalue weighted by Gasteiger charge is -1.96. The second-order valence-electron chi connectivity index (χ2n) is 3.18. The zero-order valence-corrected chi connectivity index (χ0v) is 8.12. The zero-order valence-electron chi connectivity index (χ0n) is 8.12. The summed E-state index contributed by atoms with van der Waals surface area (Å²) in [5.41, 5.74) is 1.57. The van der Waals surface area contributed by atoms with Gasteiger partial charge in [0.1, 0.15) is 0 Å². The van der Waals surface area contributed by atoms with Gasteiger partial charge in [-0.3, -0.25) is 14.8 Å². The zero-order chi connectivity index (χ0) is 10.8. The van der Waals surface area contributed by atoms with Gasteiger partial charge in [-0.05, 0) is 6.07 Å². The topological polar surface area (TPSA) is 61.0 Å². The SMILES string of the molecule is Cn1ccc(-c2cccc([N+](=O)[O-])c2)n1. The van der Waals surface area contributed by atoms with Gasteiger partial charge in [0.25, 0.3) is 5.69 Å². The summed E-state index contributed by atoms with van der Waals surface area (Å²) in [7, 11) is 1.81. The molecular formula is C10H9N3O2. The van der Waals surface area contributed by atoms with E-state index in [1.165, 1.54) is 12.1 Å². The number of hydrogen-bond donors (Lipinski definition) is 0. The predicted octanol–water partition coefficient (Wildman–Crippen LogP) is 2.00. The maximum atomic E-state index is 10.6. The van der Waals surface area contributed by atoms with E-state index < -0.39 is 4.92 Å². The normalized spacial score (nSPS) is 10.2. The van der Waals surface area contributed by atoms with Crippen molar-refractivity contribution in [2.75, 3.05) is 0 Å². The van der Waals surface area contributed by atoms with Crippen LogP contribution < -0.4 is 0 Å². The molecule has 0 aliphatic carbocycles. The molecule has 5 nitrogen and oxygen atoms in total. The Morgan fingerprint density at radius 1 is 1.40 bits per heavy atom. The van der Waals surface area contributed by atoms with Crippen LogP contribution in [-0.4, -0.2) is 14.7 Å². The number of nitrogens with zero attached hydrogens (tertiary/aromatic N) is 3. The molecule has 15 heavy (non-hydrogen) atoms. The fourth-order valence-corrected chi connectivity index (χ4v) is 1.35. The molecule has 0 saturated heterocycles. The summed E-state index contributed by atoms with van der Waals surface area (Å²) >= 11 is 0. The quantitative estimate of drug-likeness (QED) is 0.554. The monoisotopic (exact) mass is 203 g/mol. The van der Waals surface area contributed by atoms with Crippen molar-refractivity contribution in [3.05, 3.63) is 46.6 Å². The highest BCUT2D eigenvalue weighted by Crippen LogP contribution is 2.21. The van der Waals surface area contributed by atoms with Gasteiger partial charge in [0, 0.05) is 30.9 Å². The van der Waals surface area contributed by atoms with Crippen molar-refractivity contribution in [1.82, 2.24) is 9.78 Å². The highest BCUT2D eigenvalue weighted by Gasteiger charge is 2.08. The average molecular weight is 203 g/mol. The van der Waals surface area contributed by atoms with Crippen LogP contribution in [0.5, 0.6) is 0 Å². The van der Waals surface area contributed by atoms with E-state index in [0.29, 0.717) is 0 Å². The van der Waals surface area contributed by atoms with Crippen molar-refractivity contribution in [3.63, 3.8) is 0 Å². The molecule has 0 N–H and O–H groups in total. The number of non-ortho nitro benzene ring substituents is 1. The summed E-state index contributed by atoms with van der Waals surface area (Å²) in [6, 6.07) is 8.26. The number of aromatic nitrogens is 2. The molecule has 0 amide bonds. The number of nitro benzene ring substituents is 1. The molecule has 5 heteroatoms. The highest BCUT2D eigenvalue weighted by molar-refractivity contribution is 5.61. The maximum Gasteiger partial charge on any atom is 0.270 e. The number of benzene rings is 1. The van der Waals surface area contributed by atoms with Crippen molar-refractivity contribution in [2.45, 2.75) is 0 Å². The highest BCUT2D eigenvalue weighted by atomic mass is 16.6. The molecule has 2 aromatic rings. The van der Waals surface area contributed by atoms with E-state index in [1.807, 2.05) is 6.07 Å². The molecule has 2 rings (SSSR count). The van der Waals surface area contributed by atoms with Gasteiger partial charge in [-0.25, -0.2) is 0 Å². The first kappa shape index (κ1) is 9.39. The van der Waals surface area contributed by atoms with E-state index in [4.69, 9.17) is 0 Å². The van der Waals surface area contributed by atoms with E-state index in [-0.39, 0.29) is 5.69 Å². The molecule has 1 aromatic carbocycles. The Labute approximate surface area is 86.1 Å². The molecular weight excluding hydrogens is 194 g/mol. The molecule has 0 fully saturated rings. The minimum absolute atomic E-state index is 0.0816. The molecule has 1 heterocycles. The summed E-state index contributed by atoms with van der Waals surface area (Å²) in [6.45, 7) is 0. The van der Waals surface area contributed by atoms with Gasteiger partial charge in [0.2, 0.25) is 0 Å². The summed E-state index contributed by atoms with van der Waals surface area (Å²) in [4.78, 5) is 10.2. The third-order valence-corrected chi connectivity index (χ3v) is 2.07. The van der Waals surface area contributed by atoms with Crippen LogP contribution in [0.4, 0.5) is 5.69 Å². The van der Waals surface area contributed by atoms with Crippen LogP contribution in [0.15, 0.2) is 36.5 Å². The predicted molar refractivity (Wildman–Crippen MR) is 55.3 cm³/mol. The number of rotatable bonds is 2. The Morgan fingerprint density at radius 2 is 2.20 bits per heavy atom. The van der Waals surface area contributed by atoms with E-state index in [1.54, 1.807) is 30.1 Å². The van der Waals surface area contributed by atoms with Crippen LogP contribution in [0.1, 0.15) is 0 Å². The molecule has 76 valence electrons.